The lowest BCUT2D eigenvalue weighted by atomic mass is 10.0. The Morgan fingerprint density at radius 2 is 2.00 bits per heavy atom. The Labute approximate surface area is 84.0 Å². The first-order valence-electron chi connectivity index (χ1n) is 4.40. The van der Waals surface area contributed by atoms with Gasteiger partial charge in [-0.05, 0) is 25.0 Å². The van der Waals surface area contributed by atoms with Crippen LogP contribution in [0.5, 0.6) is 0 Å². The van der Waals surface area contributed by atoms with Crippen molar-refractivity contribution in [2.24, 2.45) is 5.73 Å². The molecule has 1 amide bonds. The van der Waals surface area contributed by atoms with Crippen LogP contribution in [-0.4, -0.2) is 11.7 Å². The molecule has 0 heterocycles. The first-order valence-corrected chi connectivity index (χ1v) is 4.40. The van der Waals surface area contributed by atoms with Gasteiger partial charge in [0.05, 0.1) is 5.57 Å². The molecular weight excluding hydrogens is 178 g/mol. The lowest BCUT2D eigenvalue weighted by Gasteiger charge is -2.03. The summed E-state index contributed by atoms with van der Waals surface area (Å²) in [6, 6.07) is 0. The number of hydrogen-bond donors (Lipinski definition) is 1. The summed E-state index contributed by atoms with van der Waals surface area (Å²) in [6.07, 6.45) is 4.94. The highest BCUT2D eigenvalue weighted by Gasteiger charge is 2.15. The minimum absolute atomic E-state index is 0.0283. The average molecular weight is 193 g/mol. The van der Waals surface area contributed by atoms with Crippen molar-refractivity contribution in [2.75, 3.05) is 0 Å². The monoisotopic (exact) mass is 193 g/mol. The number of nitrogens with two attached hydrogens (primary N) is 1. The van der Waals surface area contributed by atoms with Crippen molar-refractivity contribution >= 4 is 11.7 Å². The molecular formula is C11H15NO2. The second-order valence-electron chi connectivity index (χ2n) is 2.69. The van der Waals surface area contributed by atoms with E-state index in [1.54, 1.807) is 13.0 Å². The Bertz CT molecular complexity index is 311. The number of ketones is 1. The van der Waals surface area contributed by atoms with Gasteiger partial charge in [-0.2, -0.15) is 0 Å². The van der Waals surface area contributed by atoms with Crippen molar-refractivity contribution in [1.29, 1.82) is 0 Å². The molecule has 3 nitrogen and oxygen atoms in total. The molecule has 2 N–H and O–H groups in total. The molecule has 0 aliphatic heterocycles. The van der Waals surface area contributed by atoms with Crippen LogP contribution in [0.1, 0.15) is 20.3 Å². The minimum Gasteiger partial charge on any atom is -0.365 e. The van der Waals surface area contributed by atoms with Gasteiger partial charge in [-0.3, -0.25) is 9.59 Å². The zero-order valence-electron chi connectivity index (χ0n) is 8.54. The Kier molecular flexibility index (Phi) is 5.22. The third kappa shape index (κ3) is 3.01. The zero-order chi connectivity index (χ0) is 11.1. The van der Waals surface area contributed by atoms with E-state index in [4.69, 9.17) is 5.73 Å². The first-order chi connectivity index (χ1) is 6.58. The predicted molar refractivity (Wildman–Crippen MR) is 56.5 cm³/mol. The maximum Gasteiger partial charge on any atom is 0.252 e. The van der Waals surface area contributed by atoms with E-state index in [0.29, 0.717) is 12.0 Å². The molecule has 0 saturated carbocycles. The topological polar surface area (TPSA) is 60.2 Å². The molecule has 0 radical (unpaired) electrons. The summed E-state index contributed by atoms with van der Waals surface area (Å²) in [4.78, 5) is 22.5. The van der Waals surface area contributed by atoms with Gasteiger partial charge in [-0.1, -0.05) is 25.7 Å². The second-order valence-corrected chi connectivity index (χ2v) is 2.69. The van der Waals surface area contributed by atoms with Gasteiger partial charge in [0, 0.05) is 0 Å². The molecule has 76 valence electrons. The number of rotatable bonds is 5. The fourth-order valence-corrected chi connectivity index (χ4v) is 1.10. The number of carbonyl (C=O) groups is 2. The van der Waals surface area contributed by atoms with Crippen LogP contribution in [-0.2, 0) is 9.59 Å². The molecule has 0 atom stereocenters. The van der Waals surface area contributed by atoms with Crippen LogP contribution in [0.25, 0.3) is 0 Å². The van der Waals surface area contributed by atoms with E-state index in [1.165, 1.54) is 12.2 Å². The molecule has 14 heavy (non-hydrogen) atoms. The Hall–Kier alpha value is -1.64. The number of carbonyl (C=O) groups excluding carboxylic acids is 2. The van der Waals surface area contributed by atoms with E-state index < -0.39 is 5.91 Å². The standard InChI is InChI=1S/C11H15NO2/c1-4-7-9(13)10(11(12)14)8(5-2)6-3/h4-5,7H,2,6H2,1,3H3,(H2,12,14)/b7-4+,10-8?. The Morgan fingerprint density at radius 1 is 1.43 bits per heavy atom. The molecule has 0 saturated heterocycles. The third-order valence-electron chi connectivity index (χ3n) is 1.76. The lowest BCUT2D eigenvalue weighted by Crippen LogP contribution is -2.21. The van der Waals surface area contributed by atoms with Crippen molar-refractivity contribution in [1.82, 2.24) is 0 Å². The van der Waals surface area contributed by atoms with Crippen LogP contribution in [0.3, 0.4) is 0 Å². The third-order valence-corrected chi connectivity index (χ3v) is 1.76. The van der Waals surface area contributed by atoms with E-state index in [2.05, 4.69) is 6.58 Å². The van der Waals surface area contributed by atoms with Gasteiger partial charge >= 0.3 is 0 Å². The highest BCUT2D eigenvalue weighted by molar-refractivity contribution is 6.23. The molecule has 0 fully saturated rings. The molecule has 0 unspecified atom stereocenters. The largest absolute Gasteiger partial charge is 0.365 e. The maximum atomic E-state index is 11.5. The quantitative estimate of drug-likeness (QED) is 0.311. The maximum absolute atomic E-state index is 11.5. The van der Waals surface area contributed by atoms with Gasteiger partial charge in [0.2, 0.25) is 0 Å². The van der Waals surface area contributed by atoms with Crippen LogP contribution in [0, 0.1) is 0 Å². The summed E-state index contributed by atoms with van der Waals surface area (Å²) in [7, 11) is 0. The van der Waals surface area contributed by atoms with Crippen molar-refractivity contribution in [2.45, 2.75) is 20.3 Å². The zero-order valence-corrected chi connectivity index (χ0v) is 8.54. The van der Waals surface area contributed by atoms with E-state index in [9.17, 15) is 9.59 Å². The Balaban J connectivity index is 5.32. The Morgan fingerprint density at radius 3 is 2.29 bits per heavy atom. The predicted octanol–water partition coefficient (Wildman–Crippen LogP) is 1.51. The number of primary amides is 1. The van der Waals surface area contributed by atoms with Crippen molar-refractivity contribution < 1.29 is 9.59 Å². The molecule has 0 aromatic carbocycles. The van der Waals surface area contributed by atoms with E-state index in [1.807, 2.05) is 6.92 Å². The van der Waals surface area contributed by atoms with E-state index in [0.717, 1.165) is 0 Å². The van der Waals surface area contributed by atoms with E-state index in [-0.39, 0.29) is 11.4 Å². The molecule has 0 aliphatic rings. The van der Waals surface area contributed by atoms with Crippen molar-refractivity contribution in [3.8, 4) is 0 Å². The molecule has 0 rings (SSSR count). The fourth-order valence-electron chi connectivity index (χ4n) is 1.10. The summed E-state index contributed by atoms with van der Waals surface area (Å²) in [5.74, 6) is -1.07. The van der Waals surface area contributed by atoms with Gasteiger partial charge in [0.15, 0.2) is 5.78 Å². The van der Waals surface area contributed by atoms with Gasteiger partial charge in [0.25, 0.3) is 5.91 Å². The van der Waals surface area contributed by atoms with Gasteiger partial charge < -0.3 is 5.73 Å². The summed E-state index contributed by atoms with van der Waals surface area (Å²) in [5.41, 5.74) is 5.73. The van der Waals surface area contributed by atoms with Crippen molar-refractivity contribution in [3.63, 3.8) is 0 Å². The molecule has 0 aliphatic carbocycles. The summed E-state index contributed by atoms with van der Waals surface area (Å²) in [6.45, 7) is 7.08. The smallest absolute Gasteiger partial charge is 0.252 e. The number of allylic oxidation sites excluding steroid dienone is 4. The highest BCUT2D eigenvalue weighted by Crippen LogP contribution is 2.11. The molecule has 0 spiro atoms. The van der Waals surface area contributed by atoms with Crippen LogP contribution in [0.4, 0.5) is 0 Å². The van der Waals surface area contributed by atoms with Crippen LogP contribution < -0.4 is 5.73 Å². The van der Waals surface area contributed by atoms with Crippen LogP contribution in [0.15, 0.2) is 36.0 Å². The fraction of sp³-hybridized carbons (Fsp3) is 0.273. The van der Waals surface area contributed by atoms with Crippen LogP contribution in [0.2, 0.25) is 0 Å². The minimum atomic E-state index is -0.704. The average Bonchev–Trinajstić information content (AvgIpc) is 2.13. The summed E-state index contributed by atoms with van der Waals surface area (Å²) >= 11 is 0. The number of hydrogen-bond acceptors (Lipinski definition) is 2. The molecule has 3 heteroatoms. The molecule has 0 aromatic heterocycles. The highest BCUT2D eigenvalue weighted by atomic mass is 16.2. The van der Waals surface area contributed by atoms with E-state index >= 15 is 0 Å². The van der Waals surface area contributed by atoms with Gasteiger partial charge in [-0.15, -0.1) is 0 Å². The van der Waals surface area contributed by atoms with Crippen molar-refractivity contribution in [3.05, 3.63) is 36.0 Å². The normalized spacial score (nSPS) is 12.4. The second kappa shape index (κ2) is 5.91. The van der Waals surface area contributed by atoms with Gasteiger partial charge in [0.1, 0.15) is 0 Å². The lowest BCUT2D eigenvalue weighted by molar-refractivity contribution is -0.118. The van der Waals surface area contributed by atoms with Gasteiger partial charge in [-0.25, -0.2) is 0 Å². The number of amides is 1. The molecule has 0 bridgehead atoms. The molecule has 0 aromatic rings. The first kappa shape index (κ1) is 12.4. The SMILES string of the molecule is C=CC(CC)=C(C(N)=O)C(=O)/C=C/C. The summed E-state index contributed by atoms with van der Waals surface area (Å²) in [5, 5.41) is 0. The summed E-state index contributed by atoms with van der Waals surface area (Å²) < 4.78 is 0. The van der Waals surface area contributed by atoms with Crippen LogP contribution >= 0.6 is 0 Å².